The minimum atomic E-state index is -1.63. The van der Waals surface area contributed by atoms with E-state index in [9.17, 15) is 18.0 Å². The fourth-order valence-corrected chi connectivity index (χ4v) is 1.66. The van der Waals surface area contributed by atoms with Crippen molar-refractivity contribution >= 4 is 11.6 Å². The molecule has 3 nitrogen and oxygen atoms in total. The predicted octanol–water partition coefficient (Wildman–Crippen LogP) is 2.85. The number of hydrogen-bond donors (Lipinski definition) is 2. The van der Waals surface area contributed by atoms with Crippen molar-refractivity contribution in [1.29, 1.82) is 0 Å². The third-order valence-electron chi connectivity index (χ3n) is 2.68. The van der Waals surface area contributed by atoms with Gasteiger partial charge in [-0.15, -0.1) is 0 Å². The fraction of sp³-hybridized carbons (Fsp3) is 0.0714. The molecule has 0 saturated carbocycles. The number of anilines is 1. The number of nitrogens with one attached hydrogen (secondary N) is 1. The summed E-state index contributed by atoms with van der Waals surface area (Å²) in [6.45, 7) is -0.303. The molecule has 2 rings (SSSR count). The lowest BCUT2D eigenvalue weighted by Crippen LogP contribution is -2.14. The first kappa shape index (κ1) is 14.1. The molecule has 0 spiro atoms. The van der Waals surface area contributed by atoms with E-state index in [0.29, 0.717) is 23.4 Å². The van der Waals surface area contributed by atoms with Crippen LogP contribution in [-0.2, 0) is 6.61 Å². The zero-order valence-corrected chi connectivity index (χ0v) is 10.2. The molecule has 6 heteroatoms. The van der Waals surface area contributed by atoms with E-state index < -0.39 is 23.4 Å². The van der Waals surface area contributed by atoms with Crippen LogP contribution in [0.25, 0.3) is 0 Å². The van der Waals surface area contributed by atoms with E-state index in [2.05, 4.69) is 5.32 Å². The first-order valence-electron chi connectivity index (χ1n) is 5.67. The quantitative estimate of drug-likeness (QED) is 0.850. The summed E-state index contributed by atoms with van der Waals surface area (Å²) in [5, 5.41) is 11.5. The highest BCUT2D eigenvalue weighted by molar-refractivity contribution is 6.04. The smallest absolute Gasteiger partial charge is 0.255 e. The lowest BCUT2D eigenvalue weighted by molar-refractivity contribution is 0.102. The molecule has 0 atom stereocenters. The maximum absolute atomic E-state index is 13.0. The number of benzene rings is 2. The van der Waals surface area contributed by atoms with Crippen LogP contribution in [0.4, 0.5) is 18.9 Å². The molecule has 0 unspecified atom stereocenters. The monoisotopic (exact) mass is 281 g/mol. The van der Waals surface area contributed by atoms with Crippen molar-refractivity contribution in [2.45, 2.75) is 6.61 Å². The maximum Gasteiger partial charge on any atom is 0.255 e. The van der Waals surface area contributed by atoms with E-state index in [0.717, 1.165) is 0 Å². The molecule has 0 bridgehead atoms. The van der Waals surface area contributed by atoms with Crippen LogP contribution >= 0.6 is 0 Å². The molecule has 0 radical (unpaired) electrons. The summed E-state index contributed by atoms with van der Waals surface area (Å²) in [5.41, 5.74) is 0.406. The van der Waals surface area contributed by atoms with Gasteiger partial charge in [-0.1, -0.05) is 18.2 Å². The standard InChI is InChI=1S/C14H10F3NO2/c15-10-5-9(6-11(16)13(10)17)14(20)18-12-4-2-1-3-8(12)7-19/h1-6,19H,7H2,(H,18,20). The number of aliphatic hydroxyl groups excluding tert-OH is 1. The zero-order valence-electron chi connectivity index (χ0n) is 10.2. The Morgan fingerprint density at radius 1 is 1.10 bits per heavy atom. The van der Waals surface area contributed by atoms with Gasteiger partial charge in [0, 0.05) is 16.8 Å². The van der Waals surface area contributed by atoms with Crippen LogP contribution in [0.1, 0.15) is 15.9 Å². The van der Waals surface area contributed by atoms with Crippen LogP contribution in [0.3, 0.4) is 0 Å². The summed E-state index contributed by atoms with van der Waals surface area (Å²) < 4.78 is 38.9. The van der Waals surface area contributed by atoms with Gasteiger partial charge in [-0.05, 0) is 18.2 Å². The Morgan fingerprint density at radius 2 is 1.70 bits per heavy atom. The molecule has 0 fully saturated rings. The Kier molecular flexibility index (Phi) is 4.05. The molecule has 1 amide bonds. The Bertz CT molecular complexity index is 636. The minimum absolute atomic E-state index is 0.303. The van der Waals surface area contributed by atoms with Crippen molar-refractivity contribution in [3.8, 4) is 0 Å². The van der Waals surface area contributed by atoms with Gasteiger partial charge >= 0.3 is 0 Å². The second kappa shape index (κ2) is 5.75. The van der Waals surface area contributed by atoms with E-state index in [1.807, 2.05) is 0 Å². The molecular formula is C14H10F3NO2. The third kappa shape index (κ3) is 2.80. The fourth-order valence-electron chi connectivity index (χ4n) is 1.66. The van der Waals surface area contributed by atoms with Crippen LogP contribution in [-0.4, -0.2) is 11.0 Å². The van der Waals surface area contributed by atoms with Crippen LogP contribution in [0, 0.1) is 17.5 Å². The van der Waals surface area contributed by atoms with Gasteiger partial charge in [0.15, 0.2) is 17.5 Å². The molecule has 0 aliphatic carbocycles. The van der Waals surface area contributed by atoms with Crippen LogP contribution in [0.2, 0.25) is 0 Å². The summed E-state index contributed by atoms with van der Waals surface area (Å²) in [5.74, 6) is -5.31. The number of halogens is 3. The van der Waals surface area contributed by atoms with Crippen molar-refractivity contribution in [2.24, 2.45) is 0 Å². The summed E-state index contributed by atoms with van der Waals surface area (Å²) in [6, 6.07) is 7.62. The van der Waals surface area contributed by atoms with E-state index in [4.69, 9.17) is 5.11 Å². The van der Waals surface area contributed by atoms with Crippen LogP contribution in [0.5, 0.6) is 0 Å². The molecule has 0 aromatic heterocycles. The molecule has 2 N–H and O–H groups in total. The summed E-state index contributed by atoms with van der Waals surface area (Å²) in [6.07, 6.45) is 0. The Balaban J connectivity index is 2.29. The van der Waals surface area contributed by atoms with Crippen molar-refractivity contribution in [1.82, 2.24) is 0 Å². The highest BCUT2D eigenvalue weighted by Crippen LogP contribution is 2.18. The van der Waals surface area contributed by atoms with Crippen molar-refractivity contribution in [2.75, 3.05) is 5.32 Å². The summed E-state index contributed by atoms with van der Waals surface area (Å²) in [4.78, 5) is 11.8. The third-order valence-corrected chi connectivity index (χ3v) is 2.68. The molecule has 20 heavy (non-hydrogen) atoms. The lowest BCUT2D eigenvalue weighted by Gasteiger charge is -2.09. The molecule has 104 valence electrons. The van der Waals surface area contributed by atoms with E-state index in [-0.39, 0.29) is 12.2 Å². The molecule has 0 heterocycles. The highest BCUT2D eigenvalue weighted by Gasteiger charge is 2.15. The van der Waals surface area contributed by atoms with E-state index >= 15 is 0 Å². The number of para-hydroxylation sites is 1. The lowest BCUT2D eigenvalue weighted by atomic mass is 10.1. The highest BCUT2D eigenvalue weighted by atomic mass is 19.2. The van der Waals surface area contributed by atoms with Gasteiger partial charge < -0.3 is 10.4 Å². The largest absolute Gasteiger partial charge is 0.392 e. The first-order valence-corrected chi connectivity index (χ1v) is 5.67. The maximum atomic E-state index is 13.0. The summed E-state index contributed by atoms with van der Waals surface area (Å²) >= 11 is 0. The second-order valence-electron chi connectivity index (χ2n) is 4.02. The Morgan fingerprint density at radius 3 is 2.30 bits per heavy atom. The zero-order chi connectivity index (χ0) is 14.7. The molecular weight excluding hydrogens is 271 g/mol. The summed E-state index contributed by atoms with van der Waals surface area (Å²) in [7, 11) is 0. The number of carbonyl (C=O) groups is 1. The average molecular weight is 281 g/mol. The predicted molar refractivity (Wildman–Crippen MR) is 66.6 cm³/mol. The number of hydrogen-bond acceptors (Lipinski definition) is 2. The van der Waals surface area contributed by atoms with Gasteiger partial charge in [-0.2, -0.15) is 0 Å². The van der Waals surface area contributed by atoms with Crippen LogP contribution in [0.15, 0.2) is 36.4 Å². The molecule has 2 aromatic rings. The Hall–Kier alpha value is -2.34. The van der Waals surface area contributed by atoms with Gasteiger partial charge in [0.05, 0.1) is 6.61 Å². The van der Waals surface area contributed by atoms with E-state index in [1.54, 1.807) is 18.2 Å². The van der Waals surface area contributed by atoms with E-state index in [1.165, 1.54) is 6.07 Å². The SMILES string of the molecule is O=C(Nc1ccccc1CO)c1cc(F)c(F)c(F)c1. The van der Waals surface area contributed by atoms with Gasteiger partial charge in [-0.25, -0.2) is 13.2 Å². The topological polar surface area (TPSA) is 49.3 Å². The van der Waals surface area contributed by atoms with Crippen molar-refractivity contribution in [3.63, 3.8) is 0 Å². The van der Waals surface area contributed by atoms with Crippen molar-refractivity contribution in [3.05, 3.63) is 65.0 Å². The van der Waals surface area contributed by atoms with Gasteiger partial charge in [0.25, 0.3) is 5.91 Å². The second-order valence-corrected chi connectivity index (χ2v) is 4.02. The van der Waals surface area contributed by atoms with Gasteiger partial charge in [-0.3, -0.25) is 4.79 Å². The van der Waals surface area contributed by atoms with Crippen LogP contribution < -0.4 is 5.32 Å². The normalized spacial score (nSPS) is 10.4. The number of rotatable bonds is 3. The molecule has 0 saturated heterocycles. The minimum Gasteiger partial charge on any atom is -0.392 e. The number of aliphatic hydroxyl groups is 1. The Labute approximate surface area is 112 Å². The number of amides is 1. The van der Waals surface area contributed by atoms with Gasteiger partial charge in [0.1, 0.15) is 0 Å². The molecule has 0 aliphatic heterocycles. The first-order chi connectivity index (χ1) is 9.52. The molecule has 0 aliphatic rings. The average Bonchev–Trinajstić information content (AvgIpc) is 2.44. The molecule has 2 aromatic carbocycles. The van der Waals surface area contributed by atoms with Gasteiger partial charge in [0.2, 0.25) is 0 Å². The van der Waals surface area contributed by atoms with Crippen molar-refractivity contribution < 1.29 is 23.1 Å². The number of carbonyl (C=O) groups excluding carboxylic acids is 1.